The van der Waals surface area contributed by atoms with Crippen molar-refractivity contribution in [3.8, 4) is 0 Å². The summed E-state index contributed by atoms with van der Waals surface area (Å²) in [5, 5.41) is 0. The van der Waals surface area contributed by atoms with Gasteiger partial charge in [-0.1, -0.05) is 58.0 Å². The molecule has 2 aromatic rings. The summed E-state index contributed by atoms with van der Waals surface area (Å²) in [5.74, 6) is 0. The van der Waals surface area contributed by atoms with E-state index in [0.717, 1.165) is 12.8 Å². The Kier molecular flexibility index (Phi) is 6.03. The smallest absolute Gasteiger partial charge is 0.0186 e. The van der Waals surface area contributed by atoms with Crippen LogP contribution < -0.4 is 0 Å². The molecule has 0 unspecified atom stereocenters. The van der Waals surface area contributed by atoms with Crippen LogP contribution in [0, 0.1) is 0 Å². The maximum Gasteiger partial charge on any atom is 0.0186 e. The number of benzene rings is 2. The Morgan fingerprint density at radius 2 is 1.00 bits per heavy atom. The molecule has 0 aliphatic carbocycles. The van der Waals surface area contributed by atoms with Crippen LogP contribution in [0.5, 0.6) is 0 Å². The molecule has 0 N–H and O–H groups in total. The zero-order chi connectivity index (χ0) is 14.2. The van der Waals surface area contributed by atoms with Crippen LogP contribution in [0.3, 0.4) is 0 Å². The minimum absolute atomic E-state index is 0.933. The predicted octanol–water partition coefficient (Wildman–Crippen LogP) is 5.94. The molecule has 0 radical (unpaired) electrons. The lowest BCUT2D eigenvalue weighted by Crippen LogP contribution is -1.80. The van der Waals surface area contributed by atoms with E-state index in [1.807, 2.05) is 12.2 Å². The molecule has 0 spiro atoms. The molecule has 0 aliphatic heterocycles. The fourth-order valence-electron chi connectivity index (χ4n) is 1.79. The molecule has 0 nitrogen and oxygen atoms in total. The minimum Gasteiger partial charge on any atom is -0.103 e. The average molecular weight is 298 g/mol. The van der Waals surface area contributed by atoms with Crippen molar-refractivity contribution in [1.29, 1.82) is 0 Å². The van der Waals surface area contributed by atoms with Gasteiger partial charge >= 0.3 is 0 Å². The summed E-state index contributed by atoms with van der Waals surface area (Å²) in [6.07, 6.45) is 5.73. The Balaban J connectivity index is 1.90. The highest BCUT2D eigenvalue weighted by atomic mass is 33.1. The Hall–Kier alpha value is -1.38. The van der Waals surface area contributed by atoms with Gasteiger partial charge in [0, 0.05) is 9.79 Å². The van der Waals surface area contributed by atoms with E-state index in [9.17, 15) is 0 Å². The summed E-state index contributed by atoms with van der Waals surface area (Å²) < 4.78 is 0. The lowest BCUT2D eigenvalue weighted by molar-refractivity contribution is 1.25. The molecule has 0 amide bonds. The summed E-state index contributed by atoms with van der Waals surface area (Å²) >= 11 is 0. The fourth-order valence-corrected chi connectivity index (χ4v) is 3.72. The quantitative estimate of drug-likeness (QED) is 0.458. The van der Waals surface area contributed by atoms with Gasteiger partial charge in [0.1, 0.15) is 0 Å². The molecule has 0 heterocycles. The largest absolute Gasteiger partial charge is 0.103 e. The van der Waals surface area contributed by atoms with Crippen LogP contribution in [0.1, 0.15) is 11.1 Å². The van der Waals surface area contributed by atoms with Crippen LogP contribution in [-0.2, 0) is 12.8 Å². The monoisotopic (exact) mass is 298 g/mol. The van der Waals surface area contributed by atoms with Crippen LogP contribution in [-0.4, -0.2) is 0 Å². The van der Waals surface area contributed by atoms with Crippen molar-refractivity contribution >= 4 is 21.6 Å². The minimum atomic E-state index is 0.933. The molecule has 2 heteroatoms. The van der Waals surface area contributed by atoms with Crippen LogP contribution in [0.2, 0.25) is 0 Å². The molecule has 0 fully saturated rings. The maximum atomic E-state index is 3.76. The Morgan fingerprint density at radius 3 is 1.30 bits per heavy atom. The van der Waals surface area contributed by atoms with Crippen molar-refractivity contribution in [2.24, 2.45) is 0 Å². The summed E-state index contributed by atoms with van der Waals surface area (Å²) in [5.41, 5.74) is 2.62. The van der Waals surface area contributed by atoms with Crippen molar-refractivity contribution < 1.29 is 0 Å². The van der Waals surface area contributed by atoms with Crippen LogP contribution in [0.15, 0.2) is 83.6 Å². The lowest BCUT2D eigenvalue weighted by Gasteiger charge is -2.03. The molecule has 0 bridgehead atoms. The van der Waals surface area contributed by atoms with E-state index in [0.29, 0.717) is 0 Å². The Bertz CT molecular complexity index is 499. The van der Waals surface area contributed by atoms with E-state index in [1.54, 1.807) is 21.6 Å². The first-order valence-electron chi connectivity index (χ1n) is 6.56. The predicted molar refractivity (Wildman–Crippen MR) is 92.4 cm³/mol. The second-order valence-corrected chi connectivity index (χ2v) is 6.72. The second kappa shape index (κ2) is 8.03. The van der Waals surface area contributed by atoms with Gasteiger partial charge in [-0.15, -0.1) is 13.2 Å². The third kappa shape index (κ3) is 4.62. The molecule has 0 saturated carbocycles. The number of rotatable bonds is 7. The topological polar surface area (TPSA) is 0 Å². The first-order chi connectivity index (χ1) is 9.81. The van der Waals surface area contributed by atoms with Crippen molar-refractivity contribution in [1.82, 2.24) is 0 Å². The molecular weight excluding hydrogens is 280 g/mol. The van der Waals surface area contributed by atoms with Gasteiger partial charge in [-0.25, -0.2) is 0 Å². The van der Waals surface area contributed by atoms with Crippen LogP contribution >= 0.6 is 21.6 Å². The summed E-state index contributed by atoms with van der Waals surface area (Å²) in [6, 6.07) is 17.3. The summed E-state index contributed by atoms with van der Waals surface area (Å²) in [7, 11) is 3.58. The van der Waals surface area contributed by atoms with Gasteiger partial charge in [-0.05, 0) is 48.2 Å². The Labute approximate surface area is 129 Å². The third-order valence-corrected chi connectivity index (χ3v) is 5.26. The fraction of sp³-hybridized carbons (Fsp3) is 0.111. The van der Waals surface area contributed by atoms with Gasteiger partial charge in [0.2, 0.25) is 0 Å². The zero-order valence-electron chi connectivity index (χ0n) is 11.4. The zero-order valence-corrected chi connectivity index (χ0v) is 13.1. The van der Waals surface area contributed by atoms with E-state index in [4.69, 9.17) is 0 Å². The van der Waals surface area contributed by atoms with Crippen molar-refractivity contribution in [2.75, 3.05) is 0 Å². The van der Waals surface area contributed by atoms with Crippen molar-refractivity contribution in [3.05, 3.63) is 85.0 Å². The van der Waals surface area contributed by atoms with Crippen LogP contribution in [0.4, 0.5) is 0 Å². The first-order valence-corrected chi connectivity index (χ1v) is 8.71. The molecule has 2 rings (SSSR count). The SMILES string of the molecule is C=CCc1ccc(SSc2ccc(CC=C)cc2)cc1. The first kappa shape index (κ1) is 15.0. The van der Waals surface area contributed by atoms with Gasteiger partial charge < -0.3 is 0 Å². The van der Waals surface area contributed by atoms with Gasteiger partial charge in [-0.3, -0.25) is 0 Å². The summed E-state index contributed by atoms with van der Waals surface area (Å²) in [6.45, 7) is 7.52. The standard InChI is InChI=1S/C18H18S2/c1-3-5-15-7-11-17(12-8-15)19-20-18-13-9-16(6-4-2)10-14-18/h3-4,7-14H,1-2,5-6H2. The third-order valence-electron chi connectivity index (χ3n) is 2.84. The van der Waals surface area contributed by atoms with Crippen molar-refractivity contribution in [2.45, 2.75) is 22.6 Å². The van der Waals surface area contributed by atoms with Crippen molar-refractivity contribution in [3.63, 3.8) is 0 Å². The number of hydrogen-bond donors (Lipinski definition) is 0. The molecule has 0 aliphatic rings. The molecule has 2 aromatic carbocycles. The van der Waals surface area contributed by atoms with Gasteiger partial charge in [0.15, 0.2) is 0 Å². The van der Waals surface area contributed by atoms with Crippen LogP contribution in [0.25, 0.3) is 0 Å². The van der Waals surface area contributed by atoms with E-state index in [1.165, 1.54) is 20.9 Å². The highest BCUT2D eigenvalue weighted by Crippen LogP contribution is 2.37. The molecule has 20 heavy (non-hydrogen) atoms. The number of allylic oxidation sites excluding steroid dienone is 2. The molecule has 0 aromatic heterocycles. The van der Waals surface area contributed by atoms with Gasteiger partial charge in [0.25, 0.3) is 0 Å². The average Bonchev–Trinajstić information content (AvgIpc) is 2.49. The second-order valence-electron chi connectivity index (χ2n) is 4.44. The maximum absolute atomic E-state index is 3.76. The normalized spacial score (nSPS) is 10.2. The van der Waals surface area contributed by atoms with Gasteiger partial charge in [0.05, 0.1) is 0 Å². The molecule has 0 saturated heterocycles. The molecule has 102 valence electrons. The highest BCUT2D eigenvalue weighted by Gasteiger charge is 1.98. The molecule has 0 atom stereocenters. The van der Waals surface area contributed by atoms with Gasteiger partial charge in [-0.2, -0.15) is 0 Å². The van der Waals surface area contributed by atoms with E-state index >= 15 is 0 Å². The summed E-state index contributed by atoms with van der Waals surface area (Å²) in [4.78, 5) is 2.55. The van der Waals surface area contributed by atoms with E-state index in [2.05, 4.69) is 61.7 Å². The lowest BCUT2D eigenvalue weighted by atomic mass is 10.2. The number of hydrogen-bond acceptors (Lipinski definition) is 2. The Morgan fingerprint density at radius 1 is 0.650 bits per heavy atom. The van der Waals surface area contributed by atoms with E-state index < -0.39 is 0 Å². The van der Waals surface area contributed by atoms with E-state index in [-0.39, 0.29) is 0 Å². The highest BCUT2D eigenvalue weighted by molar-refractivity contribution is 8.76. The molecular formula is C18H18S2.